The van der Waals surface area contributed by atoms with E-state index in [0.29, 0.717) is 12.6 Å². The monoisotopic (exact) mass is 210 g/mol. The van der Waals surface area contributed by atoms with Crippen LogP contribution < -0.4 is 5.32 Å². The van der Waals surface area contributed by atoms with Gasteiger partial charge in [0.1, 0.15) is 0 Å². The molecule has 1 saturated carbocycles. The van der Waals surface area contributed by atoms with Gasteiger partial charge in [0, 0.05) is 12.6 Å². The van der Waals surface area contributed by atoms with Gasteiger partial charge in [0.15, 0.2) is 0 Å². The van der Waals surface area contributed by atoms with Gasteiger partial charge in [-0.2, -0.15) is 5.26 Å². The molecule has 2 atom stereocenters. The molecule has 1 aliphatic carbocycles. The van der Waals surface area contributed by atoms with Crippen molar-refractivity contribution in [3.8, 4) is 6.07 Å². The third kappa shape index (κ3) is 4.63. The summed E-state index contributed by atoms with van der Waals surface area (Å²) in [6.07, 6.45) is 7.76. The Morgan fingerprint density at radius 1 is 1.20 bits per heavy atom. The lowest BCUT2D eigenvalue weighted by Crippen LogP contribution is -2.38. The number of hydrogen-bond donors (Lipinski definition) is 2. The Bertz CT molecular complexity index is 200. The zero-order chi connectivity index (χ0) is 10.9. The summed E-state index contributed by atoms with van der Waals surface area (Å²) in [7, 11) is 0. The molecule has 2 unspecified atom stereocenters. The van der Waals surface area contributed by atoms with Gasteiger partial charge in [0.2, 0.25) is 0 Å². The first-order chi connectivity index (χ1) is 7.38. The number of rotatable bonds is 6. The minimum Gasteiger partial charge on any atom is -0.396 e. The first kappa shape index (κ1) is 12.5. The highest BCUT2D eigenvalue weighted by molar-refractivity contribution is 4.94. The molecule has 2 N–H and O–H groups in total. The predicted octanol–water partition coefficient (Wildman–Crippen LogP) is 1.82. The maximum Gasteiger partial charge on any atom is 0.0672 e. The van der Waals surface area contributed by atoms with Crippen LogP contribution in [0, 0.1) is 17.2 Å². The number of unbranched alkanes of at least 4 members (excludes halogenated alkanes) is 2. The van der Waals surface area contributed by atoms with Crippen molar-refractivity contribution in [2.24, 2.45) is 5.92 Å². The zero-order valence-electron chi connectivity index (χ0n) is 9.41. The van der Waals surface area contributed by atoms with Gasteiger partial charge >= 0.3 is 0 Å². The number of nitriles is 1. The van der Waals surface area contributed by atoms with Crippen LogP contribution in [-0.4, -0.2) is 24.3 Å². The van der Waals surface area contributed by atoms with Crippen molar-refractivity contribution in [2.75, 3.05) is 13.2 Å². The van der Waals surface area contributed by atoms with Crippen LogP contribution in [0.1, 0.15) is 44.9 Å². The molecule has 0 aromatic rings. The number of aliphatic hydroxyl groups excluding tert-OH is 1. The number of aliphatic hydroxyl groups is 1. The molecule has 0 saturated heterocycles. The third-order valence-corrected chi connectivity index (χ3v) is 3.17. The summed E-state index contributed by atoms with van der Waals surface area (Å²) in [4.78, 5) is 0. The largest absolute Gasteiger partial charge is 0.396 e. The van der Waals surface area contributed by atoms with E-state index in [1.54, 1.807) is 0 Å². The summed E-state index contributed by atoms with van der Waals surface area (Å²) in [5.41, 5.74) is 0. The number of nitrogens with one attached hydrogen (secondary N) is 1. The van der Waals surface area contributed by atoms with E-state index in [1.807, 2.05) is 0 Å². The lowest BCUT2D eigenvalue weighted by Gasteiger charge is -2.27. The number of hydrogen-bond acceptors (Lipinski definition) is 3. The lowest BCUT2D eigenvalue weighted by atomic mass is 9.85. The van der Waals surface area contributed by atoms with Gasteiger partial charge in [-0.25, -0.2) is 0 Å². The Hall–Kier alpha value is -0.590. The van der Waals surface area contributed by atoms with Crippen LogP contribution in [0.4, 0.5) is 0 Å². The van der Waals surface area contributed by atoms with Crippen molar-refractivity contribution in [2.45, 2.75) is 51.0 Å². The lowest BCUT2D eigenvalue weighted by molar-refractivity contribution is 0.278. The molecule has 3 heteroatoms. The van der Waals surface area contributed by atoms with Crippen LogP contribution in [0.2, 0.25) is 0 Å². The second kappa shape index (κ2) is 7.67. The molecule has 1 rings (SSSR count). The van der Waals surface area contributed by atoms with E-state index in [9.17, 15) is 0 Å². The van der Waals surface area contributed by atoms with Crippen molar-refractivity contribution in [1.29, 1.82) is 5.26 Å². The van der Waals surface area contributed by atoms with Crippen molar-refractivity contribution < 1.29 is 5.11 Å². The molecule has 1 aliphatic rings. The standard InChI is InChI=1S/C12H22N2O/c13-10-11-6-2-3-7-12(11)14-8-4-1-5-9-15/h11-12,14-15H,1-9H2. The van der Waals surface area contributed by atoms with E-state index in [2.05, 4.69) is 11.4 Å². The van der Waals surface area contributed by atoms with E-state index in [1.165, 1.54) is 12.8 Å². The summed E-state index contributed by atoms with van der Waals surface area (Å²) < 4.78 is 0. The van der Waals surface area contributed by atoms with Gasteiger partial charge in [0.05, 0.1) is 12.0 Å². The molecule has 15 heavy (non-hydrogen) atoms. The molecule has 1 fully saturated rings. The van der Waals surface area contributed by atoms with Gasteiger partial charge in [0.25, 0.3) is 0 Å². The van der Waals surface area contributed by atoms with E-state index in [0.717, 1.165) is 38.6 Å². The molecule has 0 amide bonds. The fraction of sp³-hybridized carbons (Fsp3) is 0.917. The molecular weight excluding hydrogens is 188 g/mol. The summed E-state index contributed by atoms with van der Waals surface area (Å²) in [6.45, 7) is 1.28. The molecule has 0 aromatic heterocycles. The Morgan fingerprint density at radius 2 is 2.00 bits per heavy atom. The molecule has 86 valence electrons. The summed E-state index contributed by atoms with van der Waals surface area (Å²) in [6, 6.07) is 2.82. The molecule has 0 heterocycles. The fourth-order valence-corrected chi connectivity index (χ4v) is 2.23. The van der Waals surface area contributed by atoms with Crippen LogP contribution >= 0.6 is 0 Å². The highest BCUT2D eigenvalue weighted by atomic mass is 16.2. The summed E-state index contributed by atoms with van der Waals surface area (Å²) in [5.74, 6) is 0.219. The Balaban J connectivity index is 2.10. The Labute approximate surface area is 92.5 Å². The van der Waals surface area contributed by atoms with Gasteiger partial charge in [-0.05, 0) is 38.6 Å². The Morgan fingerprint density at radius 3 is 2.73 bits per heavy atom. The van der Waals surface area contributed by atoms with E-state index < -0.39 is 0 Å². The minimum absolute atomic E-state index is 0.219. The predicted molar refractivity (Wildman–Crippen MR) is 60.3 cm³/mol. The zero-order valence-corrected chi connectivity index (χ0v) is 9.41. The van der Waals surface area contributed by atoms with Crippen LogP contribution in [0.5, 0.6) is 0 Å². The molecule has 0 bridgehead atoms. The number of nitrogens with zero attached hydrogens (tertiary/aromatic N) is 1. The second-order valence-corrected chi connectivity index (χ2v) is 4.36. The van der Waals surface area contributed by atoms with Gasteiger partial charge < -0.3 is 10.4 Å². The highest BCUT2D eigenvalue weighted by Gasteiger charge is 2.23. The quantitative estimate of drug-likeness (QED) is 0.657. The van der Waals surface area contributed by atoms with Crippen LogP contribution in [0.25, 0.3) is 0 Å². The van der Waals surface area contributed by atoms with Gasteiger partial charge in [-0.3, -0.25) is 0 Å². The van der Waals surface area contributed by atoms with Gasteiger partial charge in [-0.15, -0.1) is 0 Å². The molecule has 3 nitrogen and oxygen atoms in total. The molecule has 0 aliphatic heterocycles. The van der Waals surface area contributed by atoms with Crippen LogP contribution in [0.15, 0.2) is 0 Å². The molecular formula is C12H22N2O. The van der Waals surface area contributed by atoms with E-state index in [-0.39, 0.29) is 5.92 Å². The highest BCUT2D eigenvalue weighted by Crippen LogP contribution is 2.23. The average molecular weight is 210 g/mol. The normalized spacial score (nSPS) is 26.1. The van der Waals surface area contributed by atoms with E-state index >= 15 is 0 Å². The summed E-state index contributed by atoms with van der Waals surface area (Å²) in [5, 5.41) is 21.1. The Kier molecular flexibility index (Phi) is 6.38. The molecule has 0 radical (unpaired) electrons. The van der Waals surface area contributed by atoms with Crippen molar-refractivity contribution >= 4 is 0 Å². The SMILES string of the molecule is N#CC1CCCCC1NCCCCCO. The third-order valence-electron chi connectivity index (χ3n) is 3.17. The summed E-state index contributed by atoms with van der Waals surface area (Å²) >= 11 is 0. The maximum atomic E-state index is 8.98. The minimum atomic E-state index is 0.219. The van der Waals surface area contributed by atoms with Gasteiger partial charge in [-0.1, -0.05) is 12.8 Å². The van der Waals surface area contributed by atoms with Crippen molar-refractivity contribution in [3.05, 3.63) is 0 Å². The molecule has 0 spiro atoms. The van der Waals surface area contributed by atoms with Crippen LogP contribution in [-0.2, 0) is 0 Å². The fourth-order valence-electron chi connectivity index (χ4n) is 2.23. The molecule has 0 aromatic carbocycles. The first-order valence-corrected chi connectivity index (χ1v) is 6.12. The first-order valence-electron chi connectivity index (χ1n) is 6.12. The average Bonchev–Trinajstić information content (AvgIpc) is 2.29. The van der Waals surface area contributed by atoms with Crippen LogP contribution in [0.3, 0.4) is 0 Å². The topological polar surface area (TPSA) is 56.0 Å². The smallest absolute Gasteiger partial charge is 0.0672 e. The van der Waals surface area contributed by atoms with Crippen molar-refractivity contribution in [3.63, 3.8) is 0 Å². The maximum absolute atomic E-state index is 8.98. The second-order valence-electron chi connectivity index (χ2n) is 4.36. The van der Waals surface area contributed by atoms with Crippen molar-refractivity contribution in [1.82, 2.24) is 5.32 Å². The van der Waals surface area contributed by atoms with E-state index in [4.69, 9.17) is 10.4 Å².